The van der Waals surface area contributed by atoms with Crippen LogP contribution in [0.25, 0.3) is 0 Å². The highest BCUT2D eigenvalue weighted by Gasteiger charge is 2.00. The molecule has 0 aromatic heterocycles. The monoisotopic (exact) mass is 270 g/mol. The Hall–Kier alpha value is -2.20. The quantitative estimate of drug-likeness (QED) is 0.384. The Morgan fingerprint density at radius 2 is 0.611 bits per heavy atom. The van der Waals surface area contributed by atoms with E-state index in [0.29, 0.717) is 0 Å². The van der Waals surface area contributed by atoms with E-state index in [-0.39, 0.29) is 38.0 Å². The lowest BCUT2D eigenvalue weighted by atomic mass is 10.3. The lowest BCUT2D eigenvalue weighted by Gasteiger charge is -1.85. The van der Waals surface area contributed by atoms with Crippen molar-refractivity contribution < 1.29 is 39.6 Å². The largest absolute Gasteiger partial charge is 0.481 e. The molecule has 0 aliphatic rings. The van der Waals surface area contributed by atoms with E-state index < -0.39 is 23.9 Å². The van der Waals surface area contributed by atoms with Gasteiger partial charge in [-0.1, -0.05) is 0 Å². The first-order valence-electron chi connectivity index (χ1n) is 4.13. The van der Waals surface area contributed by atoms with Crippen LogP contribution in [0.1, 0.15) is 25.7 Å². The molecular formula is C8H18N2O8. The molecule has 0 radical (unpaired) electrons. The topological polar surface area (TPSA) is 219 Å². The number of carboxylic acid groups (broad SMARTS) is 4. The van der Waals surface area contributed by atoms with Crippen LogP contribution in [0.4, 0.5) is 0 Å². The number of carbonyl (C=O) groups is 4. The van der Waals surface area contributed by atoms with Crippen LogP contribution in [0, 0.1) is 0 Å². The van der Waals surface area contributed by atoms with E-state index in [1.54, 1.807) is 0 Å². The minimum absolute atomic E-state index is 0. The van der Waals surface area contributed by atoms with E-state index in [4.69, 9.17) is 20.4 Å². The van der Waals surface area contributed by atoms with Crippen LogP contribution in [-0.4, -0.2) is 44.3 Å². The predicted molar refractivity (Wildman–Crippen MR) is 59.1 cm³/mol. The zero-order chi connectivity index (χ0) is 13.1. The third kappa shape index (κ3) is 37.2. The Labute approximate surface area is 102 Å². The molecular weight excluding hydrogens is 252 g/mol. The van der Waals surface area contributed by atoms with Gasteiger partial charge in [0.25, 0.3) is 0 Å². The smallest absolute Gasteiger partial charge is 0.303 e. The van der Waals surface area contributed by atoms with Crippen molar-refractivity contribution in [2.45, 2.75) is 25.7 Å². The molecule has 0 unspecified atom stereocenters. The molecule has 0 aliphatic carbocycles. The summed E-state index contributed by atoms with van der Waals surface area (Å²) >= 11 is 0. The van der Waals surface area contributed by atoms with E-state index in [1.807, 2.05) is 0 Å². The van der Waals surface area contributed by atoms with E-state index in [1.165, 1.54) is 0 Å². The zero-order valence-corrected chi connectivity index (χ0v) is 9.66. The third-order valence-corrected chi connectivity index (χ3v) is 1.11. The summed E-state index contributed by atoms with van der Waals surface area (Å²) in [6, 6.07) is 0. The second kappa shape index (κ2) is 14.8. The molecule has 0 aromatic carbocycles. The van der Waals surface area contributed by atoms with Crippen molar-refractivity contribution in [3.8, 4) is 0 Å². The van der Waals surface area contributed by atoms with Crippen molar-refractivity contribution in [1.29, 1.82) is 0 Å². The van der Waals surface area contributed by atoms with Crippen LogP contribution in [0.5, 0.6) is 0 Å². The van der Waals surface area contributed by atoms with E-state index in [0.717, 1.165) is 0 Å². The Balaban J connectivity index is -0.0000000980. The average Bonchev–Trinajstić information content (AvgIpc) is 2.12. The van der Waals surface area contributed by atoms with E-state index in [9.17, 15) is 19.2 Å². The minimum atomic E-state index is -1.08. The first-order chi connectivity index (χ1) is 7.25. The predicted octanol–water partition coefficient (Wildman–Crippen LogP) is 0.196. The maximum absolute atomic E-state index is 9.64. The SMILES string of the molecule is N.N.O=C(O)CCC(=O)O.O=C(O)CCC(=O)O. The second-order valence-electron chi connectivity index (χ2n) is 2.57. The van der Waals surface area contributed by atoms with E-state index in [2.05, 4.69) is 0 Å². The summed E-state index contributed by atoms with van der Waals surface area (Å²) in [6.07, 6.45) is -1.19. The lowest BCUT2D eigenvalue weighted by molar-refractivity contribution is -0.143. The zero-order valence-electron chi connectivity index (χ0n) is 9.66. The maximum atomic E-state index is 9.64. The van der Waals surface area contributed by atoms with Gasteiger partial charge in [-0.15, -0.1) is 0 Å². The fraction of sp³-hybridized carbons (Fsp3) is 0.500. The van der Waals surface area contributed by atoms with Gasteiger partial charge in [-0.2, -0.15) is 0 Å². The van der Waals surface area contributed by atoms with Crippen LogP contribution >= 0.6 is 0 Å². The highest BCUT2D eigenvalue weighted by atomic mass is 16.4. The van der Waals surface area contributed by atoms with Crippen molar-refractivity contribution >= 4 is 23.9 Å². The molecule has 10 N–H and O–H groups in total. The van der Waals surface area contributed by atoms with Gasteiger partial charge in [0.05, 0.1) is 25.7 Å². The van der Waals surface area contributed by atoms with Crippen molar-refractivity contribution in [3.63, 3.8) is 0 Å². The molecule has 0 rings (SSSR count). The standard InChI is InChI=1S/2C4H6O4.2H3N/c2*5-3(6)1-2-4(7)8;;/h2*1-2H2,(H,5,6)(H,7,8);2*1H3. The van der Waals surface area contributed by atoms with Gasteiger partial charge >= 0.3 is 23.9 Å². The molecule has 0 aromatic rings. The molecule has 0 saturated carbocycles. The van der Waals surface area contributed by atoms with Gasteiger partial charge in [-0.05, 0) is 0 Å². The normalized spacial score (nSPS) is 7.56. The number of aliphatic carboxylic acids is 4. The summed E-state index contributed by atoms with van der Waals surface area (Å²) in [6.45, 7) is 0. The molecule has 0 fully saturated rings. The molecule has 10 nitrogen and oxygen atoms in total. The highest BCUT2D eigenvalue weighted by Crippen LogP contribution is 1.86. The molecule has 10 heteroatoms. The van der Waals surface area contributed by atoms with E-state index >= 15 is 0 Å². The molecule has 0 aliphatic heterocycles. The first kappa shape index (κ1) is 24.9. The number of hydrogen-bond donors (Lipinski definition) is 6. The maximum Gasteiger partial charge on any atom is 0.303 e. The molecule has 0 spiro atoms. The van der Waals surface area contributed by atoms with Crippen LogP contribution in [0.15, 0.2) is 0 Å². The fourth-order valence-corrected chi connectivity index (χ4v) is 0.428. The summed E-state index contributed by atoms with van der Waals surface area (Å²) in [5.41, 5.74) is 0. The summed E-state index contributed by atoms with van der Waals surface area (Å²) in [5, 5.41) is 31.6. The van der Waals surface area contributed by atoms with Gasteiger partial charge in [0, 0.05) is 0 Å². The highest BCUT2D eigenvalue weighted by molar-refractivity contribution is 5.75. The van der Waals surface area contributed by atoms with Gasteiger partial charge in [0.2, 0.25) is 0 Å². The van der Waals surface area contributed by atoms with Crippen LogP contribution < -0.4 is 12.3 Å². The summed E-state index contributed by atoms with van der Waals surface area (Å²) < 4.78 is 0. The minimum Gasteiger partial charge on any atom is -0.481 e. The molecule has 0 heterocycles. The molecule has 18 heavy (non-hydrogen) atoms. The van der Waals surface area contributed by atoms with Crippen molar-refractivity contribution in [2.24, 2.45) is 0 Å². The Morgan fingerprint density at radius 3 is 0.667 bits per heavy atom. The molecule has 0 amide bonds. The molecule has 0 atom stereocenters. The number of hydrogen-bond acceptors (Lipinski definition) is 6. The summed E-state index contributed by atoms with van der Waals surface area (Å²) in [7, 11) is 0. The van der Waals surface area contributed by atoms with Gasteiger partial charge in [-0.25, -0.2) is 0 Å². The fourth-order valence-electron chi connectivity index (χ4n) is 0.428. The van der Waals surface area contributed by atoms with Crippen molar-refractivity contribution in [2.75, 3.05) is 0 Å². The van der Waals surface area contributed by atoms with Crippen LogP contribution in [-0.2, 0) is 19.2 Å². The average molecular weight is 270 g/mol. The number of carboxylic acids is 4. The van der Waals surface area contributed by atoms with Gasteiger partial charge in [-0.3, -0.25) is 19.2 Å². The van der Waals surface area contributed by atoms with Crippen molar-refractivity contribution in [1.82, 2.24) is 12.3 Å². The lowest BCUT2D eigenvalue weighted by Crippen LogP contribution is -2.00. The Morgan fingerprint density at radius 1 is 0.500 bits per heavy atom. The molecule has 108 valence electrons. The van der Waals surface area contributed by atoms with Crippen LogP contribution in [0.3, 0.4) is 0 Å². The van der Waals surface area contributed by atoms with Crippen LogP contribution in [0.2, 0.25) is 0 Å². The Kier molecular flexibility index (Phi) is 20.4. The van der Waals surface area contributed by atoms with Gasteiger partial charge < -0.3 is 32.7 Å². The van der Waals surface area contributed by atoms with Gasteiger partial charge in [0.1, 0.15) is 0 Å². The summed E-state index contributed by atoms with van der Waals surface area (Å²) in [4.78, 5) is 38.6. The van der Waals surface area contributed by atoms with Crippen molar-refractivity contribution in [3.05, 3.63) is 0 Å². The second-order valence-corrected chi connectivity index (χ2v) is 2.57. The Bertz CT molecular complexity index is 222. The third-order valence-electron chi connectivity index (χ3n) is 1.11. The number of rotatable bonds is 6. The molecule has 0 saturated heterocycles. The molecule has 0 bridgehead atoms. The summed E-state index contributed by atoms with van der Waals surface area (Å²) in [5.74, 6) is -4.31. The first-order valence-corrected chi connectivity index (χ1v) is 4.13. The van der Waals surface area contributed by atoms with Gasteiger partial charge in [0.15, 0.2) is 0 Å².